The van der Waals surface area contributed by atoms with Crippen molar-refractivity contribution in [1.82, 2.24) is 0 Å². The summed E-state index contributed by atoms with van der Waals surface area (Å²) in [6, 6.07) is 5.80. The van der Waals surface area contributed by atoms with Gasteiger partial charge in [-0.15, -0.1) is 0 Å². The Balaban J connectivity index is 2.42. The Morgan fingerprint density at radius 3 is 2.08 bits per heavy atom. The van der Waals surface area contributed by atoms with Crippen molar-refractivity contribution in [3.63, 3.8) is 0 Å². The summed E-state index contributed by atoms with van der Waals surface area (Å²) < 4.78 is 28.9. The third-order valence-electron chi connectivity index (χ3n) is 3.39. The monoisotopic (exact) mass is 349 g/mol. The lowest BCUT2D eigenvalue weighted by molar-refractivity contribution is 0.0698. The van der Waals surface area contributed by atoms with E-state index in [1.54, 1.807) is 0 Å². The molecular formula is C17H16FNO6. The maximum Gasteiger partial charge on any atom is 0.337 e. The zero-order chi connectivity index (χ0) is 18.6. The van der Waals surface area contributed by atoms with Crippen LogP contribution in [0.25, 0.3) is 0 Å². The Kier molecular flexibility index (Phi) is 5.43. The molecule has 0 fully saturated rings. The van der Waals surface area contributed by atoms with E-state index in [4.69, 9.17) is 19.3 Å². The van der Waals surface area contributed by atoms with E-state index in [0.717, 1.165) is 18.2 Å². The number of carboxylic acid groups (broad SMARTS) is 1. The average molecular weight is 349 g/mol. The average Bonchev–Trinajstić information content (AvgIpc) is 2.59. The zero-order valence-electron chi connectivity index (χ0n) is 13.8. The van der Waals surface area contributed by atoms with Crippen LogP contribution in [-0.4, -0.2) is 38.3 Å². The molecule has 0 bridgehead atoms. The molecule has 2 aromatic carbocycles. The maximum atomic E-state index is 13.4. The standard InChI is InChI=1S/C17H16FNO6/c1-23-13-6-9(7-14(24-2)15(13)25-3)16(20)19-12-8-10(18)4-5-11(12)17(21)22/h4-8H,1-3H3,(H,19,20)(H,21,22). The molecule has 25 heavy (non-hydrogen) atoms. The number of carbonyl (C=O) groups excluding carboxylic acids is 1. The fourth-order valence-corrected chi connectivity index (χ4v) is 2.21. The van der Waals surface area contributed by atoms with Crippen molar-refractivity contribution < 1.29 is 33.3 Å². The van der Waals surface area contributed by atoms with E-state index in [1.165, 1.54) is 33.5 Å². The predicted molar refractivity (Wildman–Crippen MR) is 87.4 cm³/mol. The van der Waals surface area contributed by atoms with Crippen LogP contribution in [0.1, 0.15) is 20.7 Å². The number of carboxylic acids is 1. The Labute approximate surface area is 142 Å². The summed E-state index contributed by atoms with van der Waals surface area (Å²) in [6.45, 7) is 0. The highest BCUT2D eigenvalue weighted by molar-refractivity contribution is 6.08. The highest BCUT2D eigenvalue weighted by Crippen LogP contribution is 2.38. The minimum atomic E-state index is -1.29. The van der Waals surface area contributed by atoms with Crippen LogP contribution < -0.4 is 19.5 Å². The van der Waals surface area contributed by atoms with Crippen molar-refractivity contribution in [1.29, 1.82) is 0 Å². The number of carbonyl (C=O) groups is 2. The minimum Gasteiger partial charge on any atom is -0.493 e. The van der Waals surface area contributed by atoms with E-state index >= 15 is 0 Å². The van der Waals surface area contributed by atoms with Crippen molar-refractivity contribution in [3.8, 4) is 17.2 Å². The van der Waals surface area contributed by atoms with E-state index in [9.17, 15) is 14.0 Å². The molecule has 2 rings (SSSR count). The first-order valence-corrected chi connectivity index (χ1v) is 7.05. The van der Waals surface area contributed by atoms with E-state index in [1.807, 2.05) is 0 Å². The molecule has 0 saturated heterocycles. The second-order valence-electron chi connectivity index (χ2n) is 4.86. The van der Waals surface area contributed by atoms with E-state index in [0.29, 0.717) is 5.75 Å². The van der Waals surface area contributed by atoms with Gasteiger partial charge in [-0.05, 0) is 30.3 Å². The van der Waals surface area contributed by atoms with Gasteiger partial charge < -0.3 is 24.6 Å². The number of aromatic carboxylic acids is 1. The van der Waals surface area contributed by atoms with Crippen molar-refractivity contribution in [2.45, 2.75) is 0 Å². The van der Waals surface area contributed by atoms with Crippen molar-refractivity contribution in [2.24, 2.45) is 0 Å². The van der Waals surface area contributed by atoms with Crippen molar-refractivity contribution in [2.75, 3.05) is 26.6 Å². The Morgan fingerprint density at radius 1 is 1.00 bits per heavy atom. The number of rotatable bonds is 6. The van der Waals surface area contributed by atoms with Gasteiger partial charge in [-0.25, -0.2) is 9.18 Å². The normalized spacial score (nSPS) is 10.1. The number of hydrogen-bond donors (Lipinski definition) is 2. The van der Waals surface area contributed by atoms with Gasteiger partial charge in [0.15, 0.2) is 11.5 Å². The summed E-state index contributed by atoms with van der Waals surface area (Å²) in [5.41, 5.74) is -0.274. The molecule has 0 spiro atoms. The van der Waals surface area contributed by atoms with Gasteiger partial charge in [0.25, 0.3) is 5.91 Å². The van der Waals surface area contributed by atoms with Crippen molar-refractivity contribution in [3.05, 3.63) is 47.3 Å². The highest BCUT2D eigenvalue weighted by atomic mass is 19.1. The first-order chi connectivity index (χ1) is 11.9. The van der Waals surface area contributed by atoms with E-state index in [-0.39, 0.29) is 28.3 Å². The molecule has 0 aliphatic rings. The predicted octanol–water partition coefficient (Wildman–Crippen LogP) is 2.80. The molecule has 1 amide bonds. The number of halogens is 1. The highest BCUT2D eigenvalue weighted by Gasteiger charge is 2.19. The summed E-state index contributed by atoms with van der Waals surface area (Å²) >= 11 is 0. The van der Waals surface area contributed by atoms with Gasteiger partial charge in [0.1, 0.15) is 5.82 Å². The summed E-state index contributed by atoms with van der Waals surface area (Å²) in [4.78, 5) is 23.7. The molecule has 132 valence electrons. The maximum absolute atomic E-state index is 13.4. The van der Waals surface area contributed by atoms with Gasteiger partial charge in [-0.1, -0.05) is 0 Å². The van der Waals surface area contributed by atoms with Crippen LogP contribution >= 0.6 is 0 Å². The van der Waals surface area contributed by atoms with Crippen LogP contribution in [0.15, 0.2) is 30.3 Å². The van der Waals surface area contributed by atoms with Gasteiger partial charge in [0.05, 0.1) is 32.6 Å². The molecule has 0 aliphatic heterocycles. The van der Waals surface area contributed by atoms with Crippen LogP contribution in [0.4, 0.5) is 10.1 Å². The largest absolute Gasteiger partial charge is 0.493 e. The van der Waals surface area contributed by atoms with E-state index < -0.39 is 17.7 Å². The fraction of sp³-hybridized carbons (Fsp3) is 0.176. The molecule has 0 radical (unpaired) electrons. The second kappa shape index (κ2) is 7.52. The lowest BCUT2D eigenvalue weighted by atomic mass is 10.1. The Hall–Kier alpha value is -3.29. The molecular weight excluding hydrogens is 333 g/mol. The van der Waals surface area contributed by atoms with Gasteiger partial charge in [0, 0.05) is 5.56 Å². The number of nitrogens with one attached hydrogen (secondary N) is 1. The second-order valence-corrected chi connectivity index (χ2v) is 4.86. The number of anilines is 1. The number of benzene rings is 2. The molecule has 2 N–H and O–H groups in total. The fourth-order valence-electron chi connectivity index (χ4n) is 2.21. The first kappa shape index (κ1) is 18.1. The summed E-state index contributed by atoms with van der Waals surface area (Å²) in [6.07, 6.45) is 0. The topological polar surface area (TPSA) is 94.1 Å². The third kappa shape index (κ3) is 3.79. The van der Waals surface area contributed by atoms with Gasteiger partial charge in [-0.2, -0.15) is 0 Å². The number of hydrogen-bond acceptors (Lipinski definition) is 5. The molecule has 0 aromatic heterocycles. The lowest BCUT2D eigenvalue weighted by Gasteiger charge is -2.14. The van der Waals surface area contributed by atoms with Gasteiger partial charge >= 0.3 is 5.97 Å². The molecule has 0 aliphatic carbocycles. The van der Waals surface area contributed by atoms with Gasteiger partial charge in [0.2, 0.25) is 5.75 Å². The van der Waals surface area contributed by atoms with Gasteiger partial charge in [-0.3, -0.25) is 4.79 Å². The lowest BCUT2D eigenvalue weighted by Crippen LogP contribution is -2.15. The van der Waals surface area contributed by atoms with E-state index in [2.05, 4.69) is 5.32 Å². The van der Waals surface area contributed by atoms with Crippen LogP contribution in [0.3, 0.4) is 0 Å². The van der Waals surface area contributed by atoms with Crippen LogP contribution in [0, 0.1) is 5.82 Å². The van der Waals surface area contributed by atoms with Crippen LogP contribution in [-0.2, 0) is 0 Å². The molecule has 0 saturated carbocycles. The molecule has 8 heteroatoms. The summed E-state index contributed by atoms with van der Waals surface area (Å²) in [5, 5.41) is 11.5. The molecule has 0 heterocycles. The Bertz CT molecular complexity index is 796. The molecule has 7 nitrogen and oxygen atoms in total. The third-order valence-corrected chi connectivity index (χ3v) is 3.39. The molecule has 0 unspecified atom stereocenters. The SMILES string of the molecule is COc1cc(C(=O)Nc2cc(F)ccc2C(=O)O)cc(OC)c1OC. The number of amides is 1. The van der Waals surface area contributed by atoms with Crippen molar-refractivity contribution >= 4 is 17.6 Å². The first-order valence-electron chi connectivity index (χ1n) is 7.05. The smallest absolute Gasteiger partial charge is 0.337 e. The number of ether oxygens (including phenoxy) is 3. The minimum absolute atomic E-state index is 0.120. The summed E-state index contributed by atoms with van der Waals surface area (Å²) in [7, 11) is 4.22. The molecule has 2 aromatic rings. The Morgan fingerprint density at radius 2 is 1.60 bits per heavy atom. The van der Waals surface area contributed by atoms with Crippen LogP contribution in [0.2, 0.25) is 0 Å². The number of methoxy groups -OCH3 is 3. The quantitative estimate of drug-likeness (QED) is 0.833. The van der Waals surface area contributed by atoms with Crippen LogP contribution in [0.5, 0.6) is 17.2 Å². The molecule has 0 atom stereocenters. The zero-order valence-corrected chi connectivity index (χ0v) is 13.8. The summed E-state index contributed by atoms with van der Waals surface area (Å²) in [5.74, 6) is -1.81.